The summed E-state index contributed by atoms with van der Waals surface area (Å²) >= 11 is 0. The van der Waals surface area contributed by atoms with Gasteiger partial charge in [0.15, 0.2) is 0 Å². The first kappa shape index (κ1) is 14.4. The zero-order chi connectivity index (χ0) is 15.5. The number of rotatable bonds is 2. The van der Waals surface area contributed by atoms with Crippen molar-refractivity contribution >= 4 is 23.1 Å². The summed E-state index contributed by atoms with van der Waals surface area (Å²) in [5, 5.41) is 2.99. The summed E-state index contributed by atoms with van der Waals surface area (Å²) in [7, 11) is 4.00. The van der Waals surface area contributed by atoms with E-state index in [1.165, 1.54) is 5.56 Å². The number of benzene rings is 2. The molecule has 1 aliphatic rings. The number of nitrogens with one attached hydrogen (secondary N) is 1. The highest BCUT2D eigenvalue weighted by atomic mass is 16.2. The van der Waals surface area contributed by atoms with E-state index in [9.17, 15) is 4.79 Å². The van der Waals surface area contributed by atoms with Crippen LogP contribution < -0.4 is 15.1 Å². The van der Waals surface area contributed by atoms with E-state index in [0.29, 0.717) is 0 Å². The maximum Gasteiger partial charge on any atom is 0.326 e. The number of hydrogen-bond donors (Lipinski definition) is 1. The van der Waals surface area contributed by atoms with Crippen molar-refractivity contribution in [3.05, 3.63) is 54.1 Å². The molecule has 0 aromatic heterocycles. The van der Waals surface area contributed by atoms with Crippen molar-refractivity contribution in [2.24, 2.45) is 0 Å². The smallest absolute Gasteiger partial charge is 0.326 e. The lowest BCUT2D eigenvalue weighted by Crippen LogP contribution is -2.38. The Morgan fingerprint density at radius 3 is 2.55 bits per heavy atom. The van der Waals surface area contributed by atoms with E-state index >= 15 is 0 Å². The fourth-order valence-electron chi connectivity index (χ4n) is 2.78. The fourth-order valence-corrected chi connectivity index (χ4v) is 2.78. The molecule has 22 heavy (non-hydrogen) atoms. The molecule has 2 aromatic rings. The minimum Gasteiger partial charge on any atom is -0.378 e. The number of anilines is 3. The number of amides is 2. The van der Waals surface area contributed by atoms with E-state index in [4.69, 9.17) is 0 Å². The van der Waals surface area contributed by atoms with Crippen LogP contribution in [-0.2, 0) is 6.42 Å². The molecule has 4 nitrogen and oxygen atoms in total. The highest BCUT2D eigenvalue weighted by Crippen LogP contribution is 2.27. The van der Waals surface area contributed by atoms with E-state index in [0.717, 1.165) is 36.4 Å². The third-order valence-corrected chi connectivity index (χ3v) is 3.99. The molecule has 4 heteroatoms. The first-order valence-corrected chi connectivity index (χ1v) is 7.59. The van der Waals surface area contributed by atoms with Crippen LogP contribution in [0, 0.1) is 0 Å². The van der Waals surface area contributed by atoms with E-state index in [-0.39, 0.29) is 6.03 Å². The first-order valence-electron chi connectivity index (χ1n) is 7.59. The van der Waals surface area contributed by atoms with E-state index < -0.39 is 0 Å². The summed E-state index contributed by atoms with van der Waals surface area (Å²) in [5.41, 5.74) is 4.20. The number of fused-ring (bicyclic) bond motifs is 1. The third kappa shape index (κ3) is 2.91. The number of hydrogen-bond acceptors (Lipinski definition) is 2. The number of urea groups is 1. The molecular formula is C18H21N3O. The van der Waals surface area contributed by atoms with Gasteiger partial charge in [-0.05, 0) is 48.7 Å². The first-order chi connectivity index (χ1) is 10.6. The molecule has 0 atom stereocenters. The molecule has 0 radical (unpaired) electrons. The number of nitrogens with zero attached hydrogens (tertiary/aromatic N) is 2. The van der Waals surface area contributed by atoms with Gasteiger partial charge in [0.1, 0.15) is 0 Å². The molecule has 0 aliphatic carbocycles. The Bertz CT molecular complexity index is 664. The Balaban J connectivity index is 1.75. The van der Waals surface area contributed by atoms with Gasteiger partial charge in [0.25, 0.3) is 0 Å². The zero-order valence-electron chi connectivity index (χ0n) is 13.0. The molecule has 1 heterocycles. The maximum atomic E-state index is 12.6. The Kier molecular flexibility index (Phi) is 4.00. The predicted octanol–water partition coefficient (Wildman–Crippen LogP) is 3.74. The molecule has 3 rings (SSSR count). The van der Waals surface area contributed by atoms with Crippen molar-refractivity contribution < 1.29 is 4.79 Å². The predicted molar refractivity (Wildman–Crippen MR) is 91.9 cm³/mol. The van der Waals surface area contributed by atoms with E-state index in [1.807, 2.05) is 66.4 Å². The Labute approximate surface area is 131 Å². The quantitative estimate of drug-likeness (QED) is 0.916. The summed E-state index contributed by atoms with van der Waals surface area (Å²) in [6.07, 6.45) is 2.04. The van der Waals surface area contributed by atoms with Gasteiger partial charge in [-0.25, -0.2) is 4.79 Å². The van der Waals surface area contributed by atoms with Crippen molar-refractivity contribution in [2.45, 2.75) is 12.8 Å². The molecule has 1 N–H and O–H groups in total. The second-order valence-electron chi connectivity index (χ2n) is 5.76. The van der Waals surface area contributed by atoms with Crippen molar-refractivity contribution in [3.63, 3.8) is 0 Å². The van der Waals surface area contributed by atoms with E-state index in [1.54, 1.807) is 0 Å². The van der Waals surface area contributed by atoms with Crippen LogP contribution in [0.2, 0.25) is 0 Å². The van der Waals surface area contributed by atoms with E-state index in [2.05, 4.69) is 11.4 Å². The van der Waals surface area contributed by atoms with Crippen molar-refractivity contribution in [1.82, 2.24) is 0 Å². The molecule has 0 saturated heterocycles. The molecule has 114 valence electrons. The fraction of sp³-hybridized carbons (Fsp3) is 0.278. The second kappa shape index (κ2) is 6.10. The maximum absolute atomic E-state index is 12.6. The van der Waals surface area contributed by atoms with Crippen LogP contribution in [-0.4, -0.2) is 26.7 Å². The lowest BCUT2D eigenvalue weighted by molar-refractivity contribution is 0.256. The summed E-state index contributed by atoms with van der Waals surface area (Å²) < 4.78 is 0. The lowest BCUT2D eigenvalue weighted by Gasteiger charge is -2.29. The average Bonchev–Trinajstić information content (AvgIpc) is 2.54. The van der Waals surface area contributed by atoms with Gasteiger partial charge in [-0.3, -0.25) is 4.90 Å². The largest absolute Gasteiger partial charge is 0.378 e. The molecule has 0 spiro atoms. The zero-order valence-corrected chi connectivity index (χ0v) is 13.0. The Hall–Kier alpha value is -2.49. The molecule has 1 aliphatic heterocycles. The molecule has 0 fully saturated rings. The highest BCUT2D eigenvalue weighted by Gasteiger charge is 2.21. The molecular weight excluding hydrogens is 274 g/mol. The summed E-state index contributed by atoms with van der Waals surface area (Å²) in [6.45, 7) is 0.763. The SMILES string of the molecule is CN(C)c1ccc(NC(=O)N2CCCc3ccccc32)cc1. The number of carbonyl (C=O) groups excluding carboxylic acids is 1. The summed E-state index contributed by atoms with van der Waals surface area (Å²) in [5.74, 6) is 0. The van der Waals surface area contributed by atoms with Crippen LogP contribution in [0.4, 0.5) is 21.9 Å². The minimum absolute atomic E-state index is 0.0650. The van der Waals surface area contributed by atoms with Crippen LogP contribution in [0.15, 0.2) is 48.5 Å². The average molecular weight is 295 g/mol. The van der Waals surface area contributed by atoms with Gasteiger partial charge in [0.05, 0.1) is 0 Å². The standard InChI is InChI=1S/C18H21N3O/c1-20(2)16-11-9-15(10-12-16)19-18(22)21-13-5-7-14-6-3-4-8-17(14)21/h3-4,6,8-12H,5,7,13H2,1-2H3,(H,19,22). The van der Waals surface area contributed by atoms with Crippen LogP contribution in [0.3, 0.4) is 0 Å². The third-order valence-electron chi connectivity index (χ3n) is 3.99. The molecule has 0 unspecified atom stereocenters. The molecule has 2 amide bonds. The summed E-state index contributed by atoms with van der Waals surface area (Å²) in [6, 6.07) is 15.9. The summed E-state index contributed by atoms with van der Waals surface area (Å²) in [4.78, 5) is 16.4. The molecule has 0 saturated carbocycles. The van der Waals surface area contributed by atoms with Crippen molar-refractivity contribution in [2.75, 3.05) is 35.8 Å². The second-order valence-corrected chi connectivity index (χ2v) is 5.76. The number of carbonyl (C=O) groups is 1. The van der Waals surface area contributed by atoms with Crippen LogP contribution in [0.25, 0.3) is 0 Å². The molecule has 0 bridgehead atoms. The number of para-hydroxylation sites is 1. The topological polar surface area (TPSA) is 35.6 Å². The minimum atomic E-state index is -0.0650. The van der Waals surface area contributed by atoms with Gasteiger partial charge in [0, 0.05) is 37.7 Å². The monoisotopic (exact) mass is 295 g/mol. The van der Waals surface area contributed by atoms with Gasteiger partial charge in [-0.2, -0.15) is 0 Å². The van der Waals surface area contributed by atoms with Crippen LogP contribution in [0.1, 0.15) is 12.0 Å². The normalized spacial score (nSPS) is 13.5. The van der Waals surface area contributed by atoms with Crippen molar-refractivity contribution in [3.8, 4) is 0 Å². The Morgan fingerprint density at radius 1 is 1.09 bits per heavy atom. The van der Waals surface area contributed by atoms with Crippen LogP contribution in [0.5, 0.6) is 0 Å². The van der Waals surface area contributed by atoms with Gasteiger partial charge in [-0.1, -0.05) is 18.2 Å². The van der Waals surface area contributed by atoms with Gasteiger partial charge >= 0.3 is 6.03 Å². The van der Waals surface area contributed by atoms with Crippen LogP contribution >= 0.6 is 0 Å². The van der Waals surface area contributed by atoms with Gasteiger partial charge in [-0.15, -0.1) is 0 Å². The van der Waals surface area contributed by atoms with Gasteiger partial charge < -0.3 is 10.2 Å². The molecule has 2 aromatic carbocycles. The lowest BCUT2D eigenvalue weighted by atomic mass is 10.0. The number of aryl methyl sites for hydroxylation is 1. The highest BCUT2D eigenvalue weighted by molar-refractivity contribution is 6.02. The Morgan fingerprint density at radius 2 is 1.82 bits per heavy atom. The van der Waals surface area contributed by atoms with Gasteiger partial charge in [0.2, 0.25) is 0 Å². The van der Waals surface area contributed by atoms with Crippen molar-refractivity contribution in [1.29, 1.82) is 0 Å².